The van der Waals surface area contributed by atoms with E-state index >= 15 is 0 Å². The zero-order valence-electron chi connectivity index (χ0n) is 7.90. The van der Waals surface area contributed by atoms with Gasteiger partial charge in [0.05, 0.1) is 0 Å². The van der Waals surface area contributed by atoms with E-state index in [-0.39, 0.29) is 10.2 Å². The van der Waals surface area contributed by atoms with Crippen molar-refractivity contribution in [1.82, 2.24) is 10.4 Å². The maximum absolute atomic E-state index is 11.6. The zero-order chi connectivity index (χ0) is 11.4. The smallest absolute Gasteiger partial charge is 0.269 e. The van der Waals surface area contributed by atoms with Gasteiger partial charge in [0.15, 0.2) is 4.32 Å². The summed E-state index contributed by atoms with van der Waals surface area (Å²) >= 11 is 14.4. The van der Waals surface area contributed by atoms with Gasteiger partial charge in [0.1, 0.15) is 0 Å². The molecular weight excluding hydrogens is 252 g/mol. The third kappa shape index (κ3) is 3.70. The first-order chi connectivity index (χ1) is 7.00. The normalized spacial score (nSPS) is 9.53. The van der Waals surface area contributed by atoms with Crippen molar-refractivity contribution < 1.29 is 4.79 Å². The topological polar surface area (TPSA) is 32.3 Å². The highest BCUT2D eigenvalue weighted by atomic mass is 35.5. The van der Waals surface area contributed by atoms with Gasteiger partial charge in [-0.25, -0.2) is 0 Å². The summed E-state index contributed by atoms with van der Waals surface area (Å²) in [7, 11) is 1.61. The standard InChI is InChI=1S/C9H9ClN2OS2/c1-12(9(14)15)11-8(13)6-2-4-7(10)5-3-6/h2-5H,1H3,(H,11,13)(H,14,15). The van der Waals surface area contributed by atoms with Crippen molar-refractivity contribution in [1.29, 1.82) is 0 Å². The molecule has 0 saturated carbocycles. The van der Waals surface area contributed by atoms with Crippen molar-refractivity contribution >= 4 is 46.7 Å². The fraction of sp³-hybridized carbons (Fsp3) is 0.111. The van der Waals surface area contributed by atoms with Crippen molar-refractivity contribution in [2.24, 2.45) is 0 Å². The summed E-state index contributed by atoms with van der Waals surface area (Å²) in [4.78, 5) is 11.6. The lowest BCUT2D eigenvalue weighted by Crippen LogP contribution is -2.40. The molecule has 1 aromatic carbocycles. The number of amides is 1. The van der Waals surface area contributed by atoms with Crippen LogP contribution in [-0.2, 0) is 0 Å². The van der Waals surface area contributed by atoms with Crippen LogP contribution in [0.15, 0.2) is 24.3 Å². The molecule has 15 heavy (non-hydrogen) atoms. The zero-order valence-corrected chi connectivity index (χ0v) is 10.4. The van der Waals surface area contributed by atoms with Crippen LogP contribution in [0.5, 0.6) is 0 Å². The Balaban J connectivity index is 2.69. The first-order valence-electron chi connectivity index (χ1n) is 4.04. The number of benzene rings is 1. The Morgan fingerprint density at radius 1 is 1.47 bits per heavy atom. The second-order valence-electron chi connectivity index (χ2n) is 2.79. The molecule has 1 rings (SSSR count). The summed E-state index contributed by atoms with van der Waals surface area (Å²) in [5.41, 5.74) is 3.06. The highest BCUT2D eigenvalue weighted by Crippen LogP contribution is 2.09. The van der Waals surface area contributed by atoms with Gasteiger partial charge in [-0.2, -0.15) is 0 Å². The van der Waals surface area contributed by atoms with Crippen LogP contribution in [0.1, 0.15) is 10.4 Å². The molecule has 0 bridgehead atoms. The molecule has 1 amide bonds. The first kappa shape index (κ1) is 12.3. The summed E-state index contributed by atoms with van der Waals surface area (Å²) in [6, 6.07) is 6.56. The van der Waals surface area contributed by atoms with Gasteiger partial charge in [-0.3, -0.25) is 15.2 Å². The van der Waals surface area contributed by atoms with Gasteiger partial charge in [0, 0.05) is 17.6 Å². The number of thiocarbonyl (C=S) groups is 1. The molecule has 0 aliphatic heterocycles. The van der Waals surface area contributed by atoms with Crippen LogP contribution in [-0.4, -0.2) is 22.3 Å². The van der Waals surface area contributed by atoms with Gasteiger partial charge < -0.3 is 0 Å². The number of nitrogens with one attached hydrogen (secondary N) is 1. The Morgan fingerprint density at radius 2 is 2.00 bits per heavy atom. The van der Waals surface area contributed by atoms with Crippen LogP contribution in [0.25, 0.3) is 0 Å². The van der Waals surface area contributed by atoms with Gasteiger partial charge in [-0.05, 0) is 24.3 Å². The Kier molecular flexibility index (Phi) is 4.38. The lowest BCUT2D eigenvalue weighted by molar-refractivity contribution is 0.0890. The Labute approximate surface area is 104 Å². The van der Waals surface area contributed by atoms with Crippen LogP contribution in [0, 0.1) is 0 Å². The van der Waals surface area contributed by atoms with Crippen LogP contribution < -0.4 is 5.43 Å². The summed E-state index contributed by atoms with van der Waals surface area (Å²) < 4.78 is 0.289. The Morgan fingerprint density at radius 3 is 2.47 bits per heavy atom. The Hall–Kier alpha value is -0.780. The first-order valence-corrected chi connectivity index (χ1v) is 5.27. The number of hydrogen-bond donors (Lipinski definition) is 2. The highest BCUT2D eigenvalue weighted by molar-refractivity contribution is 8.10. The molecule has 0 spiro atoms. The summed E-state index contributed by atoms with van der Waals surface area (Å²) in [5.74, 6) is -0.259. The monoisotopic (exact) mass is 260 g/mol. The van der Waals surface area contributed by atoms with E-state index in [4.69, 9.17) is 23.8 Å². The van der Waals surface area contributed by atoms with Crippen LogP contribution in [0.2, 0.25) is 5.02 Å². The van der Waals surface area contributed by atoms with Gasteiger partial charge in [0.2, 0.25) is 0 Å². The van der Waals surface area contributed by atoms with E-state index in [1.165, 1.54) is 5.01 Å². The van der Waals surface area contributed by atoms with E-state index in [0.717, 1.165) is 0 Å². The predicted octanol–water partition coefficient (Wildman–Crippen LogP) is 2.13. The largest absolute Gasteiger partial charge is 0.272 e. The fourth-order valence-electron chi connectivity index (χ4n) is 0.866. The molecule has 0 aromatic heterocycles. The molecular formula is C9H9ClN2OS2. The maximum atomic E-state index is 11.6. The number of nitrogens with zero attached hydrogens (tertiary/aromatic N) is 1. The SMILES string of the molecule is CN(NC(=O)c1ccc(Cl)cc1)C(=S)S. The summed E-state index contributed by atoms with van der Waals surface area (Å²) in [6.07, 6.45) is 0. The second kappa shape index (κ2) is 5.34. The van der Waals surface area contributed by atoms with Gasteiger partial charge in [0.25, 0.3) is 5.91 Å². The van der Waals surface area contributed by atoms with E-state index < -0.39 is 0 Å². The highest BCUT2D eigenvalue weighted by Gasteiger charge is 2.07. The molecule has 1 N–H and O–H groups in total. The molecule has 0 radical (unpaired) electrons. The van der Waals surface area contributed by atoms with E-state index in [9.17, 15) is 4.79 Å². The number of carbonyl (C=O) groups is 1. The third-order valence-electron chi connectivity index (χ3n) is 1.66. The number of carbonyl (C=O) groups excluding carboxylic acids is 1. The third-order valence-corrected chi connectivity index (χ3v) is 2.49. The predicted molar refractivity (Wildman–Crippen MR) is 68.3 cm³/mol. The molecule has 80 valence electrons. The van der Waals surface area contributed by atoms with Gasteiger partial charge in [-0.1, -0.05) is 23.8 Å². The minimum absolute atomic E-state index is 0.259. The molecule has 1 aromatic rings. The number of hydrogen-bond acceptors (Lipinski definition) is 2. The Bertz CT molecular complexity index is 380. The van der Waals surface area contributed by atoms with Gasteiger partial charge >= 0.3 is 0 Å². The lowest BCUT2D eigenvalue weighted by Gasteiger charge is -2.17. The molecule has 0 aliphatic rings. The molecule has 0 heterocycles. The van der Waals surface area contributed by atoms with Crippen molar-refractivity contribution in [3.8, 4) is 0 Å². The van der Waals surface area contributed by atoms with Crippen molar-refractivity contribution in [2.75, 3.05) is 7.05 Å². The van der Waals surface area contributed by atoms with E-state index in [1.807, 2.05) is 0 Å². The average Bonchev–Trinajstić information content (AvgIpc) is 2.18. The molecule has 0 unspecified atom stereocenters. The van der Waals surface area contributed by atoms with Crippen LogP contribution in [0.3, 0.4) is 0 Å². The number of halogens is 1. The number of thiol groups is 1. The number of hydrazine groups is 1. The second-order valence-corrected chi connectivity index (χ2v) is 4.34. The van der Waals surface area contributed by atoms with Crippen molar-refractivity contribution in [3.05, 3.63) is 34.9 Å². The van der Waals surface area contributed by atoms with Crippen LogP contribution >= 0.6 is 36.4 Å². The minimum atomic E-state index is -0.259. The van der Waals surface area contributed by atoms with Crippen molar-refractivity contribution in [3.63, 3.8) is 0 Å². The lowest BCUT2D eigenvalue weighted by atomic mass is 10.2. The van der Waals surface area contributed by atoms with E-state index in [2.05, 4.69) is 18.1 Å². The average molecular weight is 261 g/mol. The maximum Gasteiger partial charge on any atom is 0.269 e. The van der Waals surface area contributed by atoms with Gasteiger partial charge in [-0.15, -0.1) is 12.6 Å². The number of rotatable bonds is 1. The molecule has 6 heteroatoms. The van der Waals surface area contributed by atoms with E-state index in [0.29, 0.717) is 10.6 Å². The van der Waals surface area contributed by atoms with Crippen LogP contribution in [0.4, 0.5) is 0 Å². The molecule has 0 atom stereocenters. The van der Waals surface area contributed by atoms with E-state index in [1.54, 1.807) is 31.3 Å². The molecule has 0 fully saturated rings. The molecule has 3 nitrogen and oxygen atoms in total. The summed E-state index contributed by atoms with van der Waals surface area (Å²) in [5, 5.41) is 1.94. The minimum Gasteiger partial charge on any atom is -0.272 e. The van der Waals surface area contributed by atoms with Crippen molar-refractivity contribution in [2.45, 2.75) is 0 Å². The molecule has 0 saturated heterocycles. The summed E-state index contributed by atoms with van der Waals surface area (Å²) in [6.45, 7) is 0. The quantitative estimate of drug-likeness (QED) is 0.461. The molecule has 0 aliphatic carbocycles. The fourth-order valence-corrected chi connectivity index (χ4v) is 1.09.